The standard InChI is InChI=1S/C21H16F9NO7S2/c1-2-36-10-37-6-7-39-12-8-11-4-3-5-13-15(11)14(9-12)17(33)31(16(13)32)38-40(34,35)21(29,30)19(24,25)18(22,23)20(26,27)28/h3-5,8-9H,2,6-7,10H2,1H3. The van der Waals surface area contributed by atoms with Gasteiger partial charge in [0.15, 0.2) is 0 Å². The van der Waals surface area contributed by atoms with Crippen molar-refractivity contribution in [1.82, 2.24) is 5.06 Å². The molecule has 0 saturated carbocycles. The molecule has 1 aliphatic rings. The van der Waals surface area contributed by atoms with Gasteiger partial charge in [-0.1, -0.05) is 12.1 Å². The number of thioether (sulfide) groups is 1. The molecule has 2 amide bonds. The number of hydrogen-bond acceptors (Lipinski definition) is 8. The zero-order chi connectivity index (χ0) is 30.3. The Balaban J connectivity index is 1.96. The van der Waals surface area contributed by atoms with Gasteiger partial charge in [0.1, 0.15) is 6.79 Å². The Morgan fingerprint density at radius 1 is 0.875 bits per heavy atom. The van der Waals surface area contributed by atoms with Crippen molar-refractivity contribution < 1.29 is 71.3 Å². The van der Waals surface area contributed by atoms with Crippen molar-refractivity contribution in [2.24, 2.45) is 0 Å². The van der Waals surface area contributed by atoms with Crippen molar-refractivity contribution in [2.75, 3.05) is 25.8 Å². The summed E-state index contributed by atoms with van der Waals surface area (Å²) >= 11 is 1.08. The zero-order valence-electron chi connectivity index (χ0n) is 19.7. The lowest BCUT2D eigenvalue weighted by Gasteiger charge is -2.33. The van der Waals surface area contributed by atoms with Crippen LogP contribution < -0.4 is 0 Å². The van der Waals surface area contributed by atoms with E-state index in [1.54, 1.807) is 6.92 Å². The molecule has 19 heteroatoms. The van der Waals surface area contributed by atoms with Crippen LogP contribution in [0, 0.1) is 0 Å². The summed E-state index contributed by atoms with van der Waals surface area (Å²) in [5.74, 6) is -18.5. The molecule has 0 spiro atoms. The number of hydroxylamine groups is 2. The summed E-state index contributed by atoms with van der Waals surface area (Å²) < 4.78 is 157. The molecule has 0 aromatic heterocycles. The number of halogens is 9. The van der Waals surface area contributed by atoms with Crippen molar-refractivity contribution in [3.63, 3.8) is 0 Å². The molecule has 0 radical (unpaired) electrons. The average Bonchev–Trinajstić information content (AvgIpc) is 2.85. The Hall–Kier alpha value is -2.61. The molecule has 1 aliphatic heterocycles. The lowest BCUT2D eigenvalue weighted by atomic mass is 9.95. The van der Waals surface area contributed by atoms with Gasteiger partial charge in [0, 0.05) is 22.6 Å². The minimum atomic E-state index is -7.62. The summed E-state index contributed by atoms with van der Waals surface area (Å²) in [6.45, 7) is 2.28. The molecule has 8 nitrogen and oxygen atoms in total. The van der Waals surface area contributed by atoms with Crippen LogP contribution in [0.3, 0.4) is 0 Å². The molecule has 3 rings (SSSR count). The predicted molar refractivity (Wildman–Crippen MR) is 119 cm³/mol. The summed E-state index contributed by atoms with van der Waals surface area (Å²) in [6.07, 6.45) is -7.32. The van der Waals surface area contributed by atoms with E-state index < -0.39 is 61.4 Å². The third-order valence-corrected chi connectivity index (χ3v) is 7.42. The van der Waals surface area contributed by atoms with Gasteiger partial charge in [0.25, 0.3) is 11.8 Å². The predicted octanol–water partition coefficient (Wildman–Crippen LogP) is 5.23. The normalized spacial score (nSPS) is 15.3. The molecule has 1 heterocycles. The van der Waals surface area contributed by atoms with Crippen molar-refractivity contribution in [3.8, 4) is 0 Å². The number of carbonyl (C=O) groups is 2. The van der Waals surface area contributed by atoms with E-state index in [1.165, 1.54) is 18.2 Å². The Morgan fingerprint density at radius 3 is 2.10 bits per heavy atom. The first-order valence-corrected chi connectivity index (χ1v) is 13.1. The number of amides is 2. The minimum absolute atomic E-state index is 0.0106. The smallest absolute Gasteiger partial charge is 0.356 e. The SMILES string of the molecule is CCOCOCCSc1cc2c3c(cccc3c1)C(=O)N(OS(=O)(=O)C(F)(F)C(F)(F)C(F)(F)C(F)(F)F)C2=O. The Kier molecular flexibility index (Phi) is 8.77. The number of benzene rings is 2. The van der Waals surface area contributed by atoms with E-state index in [9.17, 15) is 57.5 Å². The third kappa shape index (κ3) is 5.36. The van der Waals surface area contributed by atoms with E-state index in [0.717, 1.165) is 23.9 Å². The van der Waals surface area contributed by atoms with E-state index >= 15 is 0 Å². The van der Waals surface area contributed by atoms with Crippen LogP contribution in [0.15, 0.2) is 35.2 Å². The van der Waals surface area contributed by atoms with E-state index in [-0.39, 0.29) is 29.9 Å². The van der Waals surface area contributed by atoms with Crippen molar-refractivity contribution in [3.05, 3.63) is 41.5 Å². The van der Waals surface area contributed by atoms with Crippen LogP contribution in [-0.2, 0) is 23.9 Å². The lowest BCUT2D eigenvalue weighted by Crippen LogP contribution is -2.64. The van der Waals surface area contributed by atoms with Crippen molar-refractivity contribution in [1.29, 1.82) is 0 Å². The summed E-state index contributed by atoms with van der Waals surface area (Å²) in [7, 11) is -7.55. The average molecular weight is 629 g/mol. The van der Waals surface area contributed by atoms with Crippen LogP contribution >= 0.6 is 11.8 Å². The number of nitrogens with zero attached hydrogens (tertiary/aromatic N) is 1. The van der Waals surface area contributed by atoms with Crippen LogP contribution in [0.25, 0.3) is 10.8 Å². The van der Waals surface area contributed by atoms with Gasteiger partial charge in [-0.3, -0.25) is 9.59 Å². The molecule has 0 atom stereocenters. The molecule has 40 heavy (non-hydrogen) atoms. The molecule has 0 N–H and O–H groups in total. The zero-order valence-corrected chi connectivity index (χ0v) is 21.4. The maximum absolute atomic E-state index is 14.1. The van der Waals surface area contributed by atoms with Crippen LogP contribution in [0.4, 0.5) is 39.5 Å². The molecular formula is C21H16F9NO7S2. The number of imide groups is 1. The van der Waals surface area contributed by atoms with Gasteiger partial charge in [0.2, 0.25) is 0 Å². The van der Waals surface area contributed by atoms with Crippen LogP contribution in [0.2, 0.25) is 0 Å². The molecule has 0 unspecified atom stereocenters. The maximum atomic E-state index is 14.1. The number of hydrogen-bond donors (Lipinski definition) is 0. The Morgan fingerprint density at radius 2 is 1.50 bits per heavy atom. The van der Waals surface area contributed by atoms with Gasteiger partial charge in [-0.05, 0) is 30.5 Å². The first kappa shape index (κ1) is 31.9. The second-order valence-corrected chi connectivity index (χ2v) is 10.6. The van der Waals surface area contributed by atoms with Crippen LogP contribution in [-0.4, -0.2) is 74.3 Å². The van der Waals surface area contributed by atoms with Gasteiger partial charge in [-0.25, -0.2) is 0 Å². The highest BCUT2D eigenvalue weighted by molar-refractivity contribution is 7.99. The van der Waals surface area contributed by atoms with Crippen LogP contribution in [0.5, 0.6) is 0 Å². The quantitative estimate of drug-likeness (QED) is 0.104. The highest BCUT2D eigenvalue weighted by Gasteiger charge is 2.86. The monoisotopic (exact) mass is 629 g/mol. The Labute approximate surface area is 223 Å². The Bertz CT molecular complexity index is 1420. The van der Waals surface area contributed by atoms with E-state index in [1.807, 2.05) is 0 Å². The maximum Gasteiger partial charge on any atom is 0.460 e. The first-order valence-electron chi connectivity index (χ1n) is 10.7. The molecule has 0 fully saturated rings. The van der Waals surface area contributed by atoms with Gasteiger partial charge in [0.05, 0.1) is 17.7 Å². The summed E-state index contributed by atoms with van der Waals surface area (Å²) in [5.41, 5.74) is -1.09. The van der Waals surface area contributed by atoms with E-state index in [0.29, 0.717) is 11.5 Å². The third-order valence-electron chi connectivity index (χ3n) is 5.25. The molecule has 0 saturated heterocycles. The second-order valence-electron chi connectivity index (χ2n) is 7.84. The second kappa shape index (κ2) is 11.0. The molecule has 0 bridgehead atoms. The molecular weight excluding hydrogens is 613 g/mol. The van der Waals surface area contributed by atoms with Gasteiger partial charge in [-0.15, -0.1) is 21.1 Å². The number of ether oxygens (including phenoxy) is 2. The highest BCUT2D eigenvalue weighted by atomic mass is 32.2. The molecule has 222 valence electrons. The largest absolute Gasteiger partial charge is 0.460 e. The first-order chi connectivity index (χ1) is 18.3. The van der Waals surface area contributed by atoms with Gasteiger partial charge < -0.3 is 9.47 Å². The highest BCUT2D eigenvalue weighted by Crippen LogP contribution is 2.55. The summed E-state index contributed by atoms with van der Waals surface area (Å²) in [6, 6.07) is 6.18. The van der Waals surface area contributed by atoms with Crippen molar-refractivity contribution in [2.45, 2.75) is 35.1 Å². The summed E-state index contributed by atoms with van der Waals surface area (Å²) in [4.78, 5) is 26.0. The minimum Gasteiger partial charge on any atom is -0.356 e. The molecule has 0 aliphatic carbocycles. The number of rotatable bonds is 12. The fourth-order valence-corrected chi connectivity index (χ4v) is 5.01. The number of alkyl halides is 9. The van der Waals surface area contributed by atoms with Crippen molar-refractivity contribution >= 4 is 44.5 Å². The van der Waals surface area contributed by atoms with E-state index in [2.05, 4.69) is 4.28 Å². The van der Waals surface area contributed by atoms with Crippen LogP contribution in [0.1, 0.15) is 27.6 Å². The lowest BCUT2D eigenvalue weighted by molar-refractivity contribution is -0.383. The molecule has 2 aromatic rings. The molecule has 2 aromatic carbocycles. The number of carbonyl (C=O) groups excluding carboxylic acids is 2. The van der Waals surface area contributed by atoms with E-state index in [4.69, 9.17) is 9.47 Å². The fourth-order valence-electron chi connectivity index (χ4n) is 3.29. The van der Waals surface area contributed by atoms with Gasteiger partial charge in [-0.2, -0.15) is 47.9 Å². The topological polar surface area (TPSA) is 99.2 Å². The van der Waals surface area contributed by atoms with Gasteiger partial charge >= 0.3 is 33.4 Å². The summed E-state index contributed by atoms with van der Waals surface area (Å²) in [5, 5.41) is -8.10. The fraction of sp³-hybridized carbons (Fsp3) is 0.429.